The fourth-order valence-electron chi connectivity index (χ4n) is 2.01. The fourth-order valence-corrected chi connectivity index (χ4v) is 2.01. The first kappa shape index (κ1) is 13.6. The summed E-state index contributed by atoms with van der Waals surface area (Å²) in [5.41, 5.74) is 7.40. The number of nitrogens with one attached hydrogen (secondary N) is 1. The Kier molecular flexibility index (Phi) is 4.19. The molecule has 5 nitrogen and oxygen atoms in total. The first-order valence-corrected chi connectivity index (χ1v) is 6.26. The minimum Gasteiger partial charge on any atom is -0.425 e. The summed E-state index contributed by atoms with van der Waals surface area (Å²) in [5, 5.41) is 0.964. The number of carbonyl (C=O) groups is 1. The Morgan fingerprint density at radius 2 is 2.21 bits per heavy atom. The molecule has 0 aliphatic carbocycles. The Morgan fingerprint density at radius 1 is 1.42 bits per heavy atom. The SMILES string of the molecule is CN(C)CCc1c[nH]c2cccc(OC(=O)CN)c12. The number of rotatable bonds is 5. The Morgan fingerprint density at radius 3 is 2.89 bits per heavy atom. The molecule has 2 aromatic rings. The van der Waals surface area contributed by atoms with Gasteiger partial charge in [-0.2, -0.15) is 0 Å². The molecule has 0 amide bonds. The van der Waals surface area contributed by atoms with E-state index in [9.17, 15) is 4.79 Å². The topological polar surface area (TPSA) is 71.3 Å². The van der Waals surface area contributed by atoms with Gasteiger partial charge in [0, 0.05) is 23.6 Å². The van der Waals surface area contributed by atoms with Crippen LogP contribution in [0.25, 0.3) is 10.9 Å². The molecule has 0 radical (unpaired) electrons. The largest absolute Gasteiger partial charge is 0.425 e. The van der Waals surface area contributed by atoms with Crippen molar-refractivity contribution < 1.29 is 9.53 Å². The molecule has 2 rings (SSSR count). The molecule has 0 unspecified atom stereocenters. The lowest BCUT2D eigenvalue weighted by Gasteiger charge is -2.10. The summed E-state index contributed by atoms with van der Waals surface area (Å²) >= 11 is 0. The molecule has 0 aliphatic rings. The van der Waals surface area contributed by atoms with E-state index in [0.717, 1.165) is 29.4 Å². The van der Waals surface area contributed by atoms with Crippen LogP contribution in [0.4, 0.5) is 0 Å². The van der Waals surface area contributed by atoms with Crippen LogP contribution in [0.2, 0.25) is 0 Å². The Balaban J connectivity index is 2.34. The van der Waals surface area contributed by atoms with Crippen LogP contribution in [0.1, 0.15) is 5.56 Å². The van der Waals surface area contributed by atoms with Gasteiger partial charge in [0.2, 0.25) is 0 Å². The summed E-state index contributed by atoms with van der Waals surface area (Å²) < 4.78 is 5.29. The monoisotopic (exact) mass is 261 g/mol. The number of likely N-dealkylation sites (N-methyl/N-ethyl adjacent to an activating group) is 1. The minimum atomic E-state index is -0.424. The first-order valence-electron chi connectivity index (χ1n) is 6.26. The normalized spacial score (nSPS) is 11.2. The highest BCUT2D eigenvalue weighted by Gasteiger charge is 2.12. The Labute approximate surface area is 112 Å². The van der Waals surface area contributed by atoms with Crippen molar-refractivity contribution in [2.24, 2.45) is 5.73 Å². The zero-order valence-corrected chi connectivity index (χ0v) is 11.3. The van der Waals surface area contributed by atoms with Gasteiger partial charge in [0.05, 0.1) is 6.54 Å². The van der Waals surface area contributed by atoms with Crippen molar-refractivity contribution >= 4 is 16.9 Å². The molecule has 19 heavy (non-hydrogen) atoms. The standard InChI is InChI=1S/C14H19N3O2/c1-17(2)7-6-10-9-16-11-4-3-5-12(14(10)11)19-13(18)8-15/h3-5,9,16H,6-8,15H2,1-2H3. The van der Waals surface area contributed by atoms with E-state index in [1.54, 1.807) is 6.07 Å². The second-order valence-corrected chi connectivity index (χ2v) is 4.72. The van der Waals surface area contributed by atoms with Crippen molar-refractivity contribution in [3.05, 3.63) is 30.0 Å². The van der Waals surface area contributed by atoms with E-state index in [2.05, 4.69) is 9.88 Å². The molecule has 0 aliphatic heterocycles. The number of nitrogens with zero attached hydrogens (tertiary/aromatic N) is 1. The van der Waals surface area contributed by atoms with Gasteiger partial charge in [-0.15, -0.1) is 0 Å². The van der Waals surface area contributed by atoms with Gasteiger partial charge in [-0.05, 0) is 38.2 Å². The molecule has 102 valence electrons. The zero-order chi connectivity index (χ0) is 13.8. The van der Waals surface area contributed by atoms with Crippen molar-refractivity contribution in [3.8, 4) is 5.75 Å². The minimum absolute atomic E-state index is 0.117. The average Bonchev–Trinajstić information content (AvgIpc) is 2.80. The smallest absolute Gasteiger partial charge is 0.325 e. The number of ether oxygens (including phenoxy) is 1. The first-order chi connectivity index (χ1) is 9.11. The summed E-state index contributed by atoms with van der Waals surface area (Å²) in [7, 11) is 4.06. The Hall–Kier alpha value is -1.85. The molecule has 1 aromatic carbocycles. The van der Waals surface area contributed by atoms with Gasteiger partial charge in [0.1, 0.15) is 5.75 Å². The number of hydrogen-bond donors (Lipinski definition) is 2. The van der Waals surface area contributed by atoms with Crippen LogP contribution in [0.3, 0.4) is 0 Å². The van der Waals surface area contributed by atoms with Gasteiger partial charge < -0.3 is 20.4 Å². The summed E-state index contributed by atoms with van der Waals surface area (Å²) in [6, 6.07) is 5.62. The number of H-pyrrole nitrogens is 1. The summed E-state index contributed by atoms with van der Waals surface area (Å²) in [5.74, 6) is 0.148. The van der Waals surface area contributed by atoms with E-state index in [4.69, 9.17) is 10.5 Å². The van der Waals surface area contributed by atoms with E-state index >= 15 is 0 Å². The number of esters is 1. The number of benzene rings is 1. The maximum absolute atomic E-state index is 11.4. The highest BCUT2D eigenvalue weighted by molar-refractivity contribution is 5.91. The van der Waals surface area contributed by atoms with Crippen LogP contribution < -0.4 is 10.5 Å². The van der Waals surface area contributed by atoms with Gasteiger partial charge in [-0.25, -0.2) is 0 Å². The highest BCUT2D eigenvalue weighted by Crippen LogP contribution is 2.29. The number of nitrogens with two attached hydrogens (primary N) is 1. The lowest BCUT2D eigenvalue weighted by molar-refractivity contribution is -0.132. The molecule has 1 aromatic heterocycles. The number of carbonyl (C=O) groups excluding carboxylic acids is 1. The van der Waals surface area contributed by atoms with Crippen LogP contribution in [0.15, 0.2) is 24.4 Å². The van der Waals surface area contributed by atoms with E-state index < -0.39 is 5.97 Å². The molecule has 0 saturated carbocycles. The predicted molar refractivity (Wildman–Crippen MR) is 75.2 cm³/mol. The molecule has 0 atom stereocenters. The van der Waals surface area contributed by atoms with Crippen molar-refractivity contribution in [1.82, 2.24) is 9.88 Å². The highest BCUT2D eigenvalue weighted by atomic mass is 16.5. The van der Waals surface area contributed by atoms with E-state index in [1.165, 1.54) is 0 Å². The average molecular weight is 261 g/mol. The molecular weight excluding hydrogens is 242 g/mol. The van der Waals surface area contributed by atoms with E-state index in [0.29, 0.717) is 5.75 Å². The van der Waals surface area contributed by atoms with Crippen molar-refractivity contribution in [2.75, 3.05) is 27.2 Å². The predicted octanol–water partition coefficient (Wildman–Crippen LogP) is 1.14. The van der Waals surface area contributed by atoms with Crippen molar-refractivity contribution in [3.63, 3.8) is 0 Å². The van der Waals surface area contributed by atoms with Crippen LogP contribution in [-0.2, 0) is 11.2 Å². The molecule has 0 bridgehead atoms. The summed E-state index contributed by atoms with van der Waals surface area (Å²) in [6.45, 7) is 0.819. The van der Waals surface area contributed by atoms with E-state index in [-0.39, 0.29) is 6.54 Å². The number of hydrogen-bond acceptors (Lipinski definition) is 4. The van der Waals surface area contributed by atoms with E-state index in [1.807, 2.05) is 32.4 Å². The maximum Gasteiger partial charge on any atom is 0.325 e. The summed E-state index contributed by atoms with van der Waals surface area (Å²) in [6.07, 6.45) is 2.86. The van der Waals surface area contributed by atoms with Crippen molar-refractivity contribution in [2.45, 2.75) is 6.42 Å². The quantitative estimate of drug-likeness (QED) is 0.625. The van der Waals surface area contributed by atoms with Crippen molar-refractivity contribution in [1.29, 1.82) is 0 Å². The molecular formula is C14H19N3O2. The molecule has 3 N–H and O–H groups in total. The molecule has 0 spiro atoms. The van der Waals surface area contributed by atoms with Crippen LogP contribution in [0, 0.1) is 0 Å². The fraction of sp³-hybridized carbons (Fsp3) is 0.357. The van der Waals surface area contributed by atoms with Crippen LogP contribution in [-0.4, -0.2) is 43.0 Å². The van der Waals surface area contributed by atoms with Gasteiger partial charge in [0.15, 0.2) is 0 Å². The molecule has 1 heterocycles. The molecule has 0 fully saturated rings. The molecule has 5 heteroatoms. The van der Waals surface area contributed by atoms with Gasteiger partial charge in [0.25, 0.3) is 0 Å². The zero-order valence-electron chi connectivity index (χ0n) is 11.3. The third kappa shape index (κ3) is 3.13. The van der Waals surface area contributed by atoms with Gasteiger partial charge in [-0.1, -0.05) is 6.07 Å². The maximum atomic E-state index is 11.4. The summed E-state index contributed by atoms with van der Waals surface area (Å²) in [4.78, 5) is 16.7. The van der Waals surface area contributed by atoms with Crippen LogP contribution in [0.5, 0.6) is 5.75 Å². The Bertz CT molecular complexity index is 575. The number of aromatic nitrogens is 1. The lowest BCUT2D eigenvalue weighted by Crippen LogP contribution is -2.19. The third-order valence-electron chi connectivity index (χ3n) is 2.97. The second-order valence-electron chi connectivity index (χ2n) is 4.72. The molecule has 0 saturated heterocycles. The number of aromatic amines is 1. The number of fused-ring (bicyclic) bond motifs is 1. The van der Waals surface area contributed by atoms with Gasteiger partial charge in [-0.3, -0.25) is 4.79 Å². The third-order valence-corrected chi connectivity index (χ3v) is 2.97. The van der Waals surface area contributed by atoms with Gasteiger partial charge >= 0.3 is 5.97 Å². The second kappa shape index (κ2) is 5.86. The lowest BCUT2D eigenvalue weighted by atomic mass is 10.1. The van der Waals surface area contributed by atoms with Crippen LogP contribution >= 0.6 is 0 Å².